The van der Waals surface area contributed by atoms with Crippen molar-refractivity contribution in [1.82, 2.24) is 0 Å². The number of amides is 1. The molecule has 4 N–H and O–H groups in total. The second kappa shape index (κ2) is 12.8. The summed E-state index contributed by atoms with van der Waals surface area (Å²) in [4.78, 5) is 12.2. The molecule has 0 unspecified atom stereocenters. The van der Waals surface area contributed by atoms with E-state index < -0.39 is 6.10 Å². The van der Waals surface area contributed by atoms with Gasteiger partial charge in [-0.25, -0.2) is 0 Å². The molecule has 1 aromatic carbocycles. The second-order valence-corrected chi connectivity index (χ2v) is 10.6. The maximum atomic E-state index is 12.2. The molecule has 6 atom stereocenters. The van der Waals surface area contributed by atoms with Crippen LogP contribution in [0.15, 0.2) is 35.9 Å². The number of carbonyl (C=O) groups is 1. The first-order valence-corrected chi connectivity index (χ1v) is 13.0. The summed E-state index contributed by atoms with van der Waals surface area (Å²) < 4.78 is 0. The number of allylic oxidation sites excluding steroid dienone is 2. The fraction of sp³-hybridized carbons (Fsp3) is 0.536. The smallest absolute Gasteiger partial charge is 0.224 e. The zero-order chi connectivity index (χ0) is 25.5. The lowest BCUT2D eigenvalue weighted by Gasteiger charge is -2.19. The third-order valence-electron chi connectivity index (χ3n) is 7.17. The van der Waals surface area contributed by atoms with Crippen molar-refractivity contribution in [3.05, 3.63) is 46.0 Å². The van der Waals surface area contributed by atoms with E-state index >= 15 is 0 Å². The topological polar surface area (TPSA) is 89.8 Å². The third-order valence-corrected chi connectivity index (χ3v) is 7.74. The van der Waals surface area contributed by atoms with Crippen LogP contribution in [0.3, 0.4) is 0 Å². The second-order valence-electron chi connectivity index (χ2n) is 9.79. The maximum absolute atomic E-state index is 12.2. The van der Waals surface area contributed by atoms with Gasteiger partial charge in [0.25, 0.3) is 0 Å². The summed E-state index contributed by atoms with van der Waals surface area (Å²) in [5, 5.41) is 33.5. The summed E-state index contributed by atoms with van der Waals surface area (Å²) in [6.45, 7) is 3.79. The van der Waals surface area contributed by atoms with E-state index in [1.165, 1.54) is 17.7 Å². The number of benzene rings is 1. The van der Waals surface area contributed by atoms with Crippen LogP contribution in [0.25, 0.3) is 0 Å². The summed E-state index contributed by atoms with van der Waals surface area (Å²) >= 11 is 11.8. The van der Waals surface area contributed by atoms with Crippen molar-refractivity contribution in [2.45, 2.75) is 71.0 Å². The number of phenols is 1. The number of carbonyl (C=O) groups excluding carboxylic acids is 1. The molecule has 3 rings (SSSR count). The predicted molar refractivity (Wildman–Crippen MR) is 141 cm³/mol. The zero-order valence-electron chi connectivity index (χ0n) is 20.3. The number of fused-ring (bicyclic) bond motifs is 1. The number of aliphatic hydroxyl groups is 2. The standard InChI is InChI=1S/C28H35Cl2NO4/c1-3-4-7-17(2)25(32)11-10-21-22-13-18(12-19(22)14-26(21)33)8-5-6-9-27(34)31-20-15-23(29)28(35)24(30)16-20/h8,10-11,15-17,19,21-22,25-26,32-33,35H,5-7,9,12-14H2,1-2H3,(H,31,34)/b11-10+,18-8-/t17-,19-,21-,22+,25-,26-/m0/s1. The minimum atomic E-state index is -0.557. The van der Waals surface area contributed by atoms with Crippen LogP contribution in [0, 0.1) is 35.5 Å². The Morgan fingerprint density at radius 2 is 2.00 bits per heavy atom. The van der Waals surface area contributed by atoms with Gasteiger partial charge in [0.1, 0.15) is 0 Å². The van der Waals surface area contributed by atoms with E-state index in [1.807, 2.05) is 19.1 Å². The molecule has 0 heterocycles. The van der Waals surface area contributed by atoms with Crippen LogP contribution in [0.5, 0.6) is 5.75 Å². The first-order chi connectivity index (χ1) is 16.7. The number of phenolic OH excluding ortho intramolecular Hbond substituents is 1. The highest BCUT2D eigenvalue weighted by molar-refractivity contribution is 6.37. The lowest BCUT2D eigenvalue weighted by Crippen LogP contribution is -2.19. The van der Waals surface area contributed by atoms with E-state index in [4.69, 9.17) is 23.2 Å². The Morgan fingerprint density at radius 1 is 1.29 bits per heavy atom. The fourth-order valence-electron chi connectivity index (χ4n) is 5.19. The summed E-state index contributed by atoms with van der Waals surface area (Å²) in [6.07, 6.45) is 10.5. The molecule has 0 spiro atoms. The van der Waals surface area contributed by atoms with Crippen molar-refractivity contribution >= 4 is 34.8 Å². The van der Waals surface area contributed by atoms with Crippen molar-refractivity contribution in [3.8, 4) is 17.6 Å². The van der Waals surface area contributed by atoms with Gasteiger partial charge in [0.2, 0.25) is 5.91 Å². The van der Waals surface area contributed by atoms with Crippen LogP contribution in [0.4, 0.5) is 5.69 Å². The van der Waals surface area contributed by atoms with Crippen LogP contribution >= 0.6 is 23.2 Å². The van der Waals surface area contributed by atoms with E-state index in [1.54, 1.807) is 6.92 Å². The SMILES string of the molecule is CC#CC[C@H](C)[C@@H](O)/C=C/[C@H]1[C@@H]2C/C(=C\CCCC(=O)Nc3cc(Cl)c(O)c(Cl)c3)C[C@H]2C[C@@H]1O. The Morgan fingerprint density at radius 3 is 2.69 bits per heavy atom. The molecule has 35 heavy (non-hydrogen) atoms. The van der Waals surface area contributed by atoms with E-state index in [0.29, 0.717) is 30.4 Å². The van der Waals surface area contributed by atoms with Crippen molar-refractivity contribution in [2.24, 2.45) is 23.7 Å². The fourth-order valence-corrected chi connectivity index (χ4v) is 5.67. The minimum absolute atomic E-state index is 0.0623. The predicted octanol–water partition coefficient (Wildman–Crippen LogP) is 6.11. The van der Waals surface area contributed by atoms with Crippen molar-refractivity contribution in [2.75, 3.05) is 5.32 Å². The Bertz CT molecular complexity index is 1000. The van der Waals surface area contributed by atoms with Crippen LogP contribution in [0.1, 0.15) is 58.8 Å². The van der Waals surface area contributed by atoms with Gasteiger partial charge in [-0.3, -0.25) is 4.79 Å². The van der Waals surface area contributed by atoms with Crippen molar-refractivity contribution in [1.29, 1.82) is 0 Å². The Labute approximate surface area is 218 Å². The van der Waals surface area contributed by atoms with Gasteiger partial charge in [-0.1, -0.05) is 53.9 Å². The van der Waals surface area contributed by atoms with Gasteiger partial charge in [-0.15, -0.1) is 11.8 Å². The first kappa shape index (κ1) is 27.6. The number of aliphatic hydroxyl groups excluding tert-OH is 2. The van der Waals surface area contributed by atoms with Gasteiger partial charge in [-0.2, -0.15) is 0 Å². The molecule has 0 aromatic heterocycles. The number of halogens is 2. The van der Waals surface area contributed by atoms with Crippen LogP contribution < -0.4 is 5.32 Å². The summed E-state index contributed by atoms with van der Waals surface area (Å²) in [7, 11) is 0. The number of rotatable bonds is 9. The lowest BCUT2D eigenvalue weighted by molar-refractivity contribution is -0.116. The molecule has 5 nitrogen and oxygen atoms in total. The van der Waals surface area contributed by atoms with E-state index in [2.05, 4.69) is 23.2 Å². The number of nitrogens with one attached hydrogen (secondary N) is 1. The molecule has 2 saturated carbocycles. The van der Waals surface area contributed by atoms with Gasteiger partial charge >= 0.3 is 0 Å². The average Bonchev–Trinajstić information content (AvgIpc) is 3.33. The molecular weight excluding hydrogens is 485 g/mol. The van der Waals surface area contributed by atoms with Crippen LogP contribution in [-0.4, -0.2) is 33.4 Å². The van der Waals surface area contributed by atoms with Gasteiger partial charge in [0.05, 0.1) is 22.3 Å². The van der Waals surface area contributed by atoms with Gasteiger partial charge in [0, 0.05) is 24.4 Å². The molecule has 2 fully saturated rings. The number of anilines is 1. The highest BCUT2D eigenvalue weighted by Crippen LogP contribution is 2.50. The van der Waals surface area contributed by atoms with Gasteiger partial charge < -0.3 is 20.6 Å². The van der Waals surface area contributed by atoms with Gasteiger partial charge in [0.15, 0.2) is 5.75 Å². The minimum Gasteiger partial charge on any atom is -0.505 e. The molecule has 2 aliphatic rings. The van der Waals surface area contributed by atoms with E-state index in [-0.39, 0.29) is 39.6 Å². The van der Waals surface area contributed by atoms with Crippen LogP contribution in [0.2, 0.25) is 10.0 Å². The highest BCUT2D eigenvalue weighted by atomic mass is 35.5. The van der Waals surface area contributed by atoms with E-state index in [9.17, 15) is 20.1 Å². The van der Waals surface area contributed by atoms with Crippen molar-refractivity contribution < 1.29 is 20.1 Å². The molecule has 0 bridgehead atoms. The molecule has 2 aliphatic carbocycles. The van der Waals surface area contributed by atoms with Gasteiger partial charge in [-0.05, 0) is 68.9 Å². The lowest BCUT2D eigenvalue weighted by atomic mass is 9.89. The normalized spacial score (nSPS) is 26.4. The Balaban J connectivity index is 1.46. The molecule has 0 saturated heterocycles. The zero-order valence-corrected chi connectivity index (χ0v) is 21.8. The largest absolute Gasteiger partial charge is 0.505 e. The van der Waals surface area contributed by atoms with E-state index in [0.717, 1.165) is 32.1 Å². The molecule has 7 heteroatoms. The monoisotopic (exact) mass is 519 g/mol. The quantitative estimate of drug-likeness (QED) is 0.137. The summed E-state index contributed by atoms with van der Waals surface area (Å²) in [5.41, 5.74) is 1.86. The molecular formula is C28H35Cl2NO4. The molecule has 190 valence electrons. The average molecular weight is 520 g/mol. The molecule has 0 radical (unpaired) electrons. The first-order valence-electron chi connectivity index (χ1n) is 12.3. The number of aromatic hydroxyl groups is 1. The number of unbranched alkanes of at least 4 members (excludes halogenated alkanes) is 1. The molecule has 1 amide bonds. The summed E-state index contributed by atoms with van der Waals surface area (Å²) in [6, 6.07) is 2.94. The summed E-state index contributed by atoms with van der Waals surface area (Å²) in [5.74, 6) is 6.55. The third kappa shape index (κ3) is 7.51. The molecule has 1 aromatic rings. The molecule has 0 aliphatic heterocycles. The maximum Gasteiger partial charge on any atom is 0.224 e. The number of hydrogen-bond acceptors (Lipinski definition) is 4. The Kier molecular flexibility index (Phi) is 10.1. The van der Waals surface area contributed by atoms with Crippen molar-refractivity contribution in [3.63, 3.8) is 0 Å². The Hall–Kier alpha value is -1.97. The number of hydrogen-bond donors (Lipinski definition) is 4. The highest BCUT2D eigenvalue weighted by Gasteiger charge is 2.45. The van der Waals surface area contributed by atoms with Crippen LogP contribution in [-0.2, 0) is 4.79 Å².